The maximum absolute atomic E-state index is 5.81. The van der Waals surface area contributed by atoms with E-state index in [1.54, 1.807) is 11.1 Å². The molecule has 1 fully saturated rings. The Hall–Kier alpha value is -0.860. The van der Waals surface area contributed by atoms with Crippen molar-refractivity contribution in [2.75, 3.05) is 19.8 Å². The number of nitrogens with two attached hydrogens (primary N) is 1. The summed E-state index contributed by atoms with van der Waals surface area (Å²) in [5.74, 6) is 0.569. The molecule has 0 saturated carbocycles. The highest BCUT2D eigenvalue weighted by Crippen LogP contribution is 2.39. The summed E-state index contributed by atoms with van der Waals surface area (Å²) in [6.07, 6.45) is 6.37. The fourth-order valence-corrected chi connectivity index (χ4v) is 3.56. The molecule has 1 aromatic carbocycles. The van der Waals surface area contributed by atoms with Gasteiger partial charge in [0, 0.05) is 5.41 Å². The molecule has 1 aliphatic carbocycles. The van der Waals surface area contributed by atoms with Gasteiger partial charge in [-0.1, -0.05) is 25.1 Å². The lowest BCUT2D eigenvalue weighted by Crippen LogP contribution is -2.48. The molecule has 19 heavy (non-hydrogen) atoms. The molecule has 104 valence electrons. The molecule has 2 N–H and O–H groups in total. The van der Waals surface area contributed by atoms with Crippen LogP contribution in [0.3, 0.4) is 0 Å². The highest BCUT2D eigenvalue weighted by atomic mass is 16.5. The van der Waals surface area contributed by atoms with Crippen molar-refractivity contribution in [3.63, 3.8) is 0 Å². The molecule has 0 amide bonds. The molecular weight excluding hydrogens is 234 g/mol. The maximum Gasteiger partial charge on any atom is 0.0585 e. The van der Waals surface area contributed by atoms with Crippen molar-refractivity contribution in [2.45, 2.75) is 44.4 Å². The van der Waals surface area contributed by atoms with Crippen LogP contribution in [0.1, 0.15) is 42.9 Å². The number of hydrogen-bond donors (Lipinski definition) is 1. The lowest BCUT2D eigenvalue weighted by molar-refractivity contribution is -0.0702. The summed E-state index contributed by atoms with van der Waals surface area (Å²) in [7, 11) is 0. The normalized spacial score (nSPS) is 22.4. The van der Waals surface area contributed by atoms with E-state index in [-0.39, 0.29) is 5.41 Å². The van der Waals surface area contributed by atoms with Crippen LogP contribution >= 0.6 is 0 Å². The first-order valence-electron chi connectivity index (χ1n) is 7.64. The molecule has 1 heterocycles. The van der Waals surface area contributed by atoms with E-state index in [4.69, 9.17) is 10.5 Å². The van der Waals surface area contributed by atoms with Crippen LogP contribution in [0, 0.1) is 5.92 Å². The van der Waals surface area contributed by atoms with Crippen molar-refractivity contribution in [1.29, 1.82) is 0 Å². The monoisotopic (exact) mass is 259 g/mol. The molecule has 1 saturated heterocycles. The van der Waals surface area contributed by atoms with E-state index >= 15 is 0 Å². The number of ether oxygens (including phenoxy) is 1. The third-order valence-corrected chi connectivity index (χ3v) is 4.86. The number of hydrogen-bond acceptors (Lipinski definition) is 2. The first-order valence-corrected chi connectivity index (χ1v) is 7.64. The van der Waals surface area contributed by atoms with Gasteiger partial charge in [0.1, 0.15) is 0 Å². The van der Waals surface area contributed by atoms with Gasteiger partial charge in [-0.2, -0.15) is 0 Å². The van der Waals surface area contributed by atoms with Gasteiger partial charge in [0.2, 0.25) is 0 Å². The van der Waals surface area contributed by atoms with Crippen LogP contribution in [0.25, 0.3) is 0 Å². The van der Waals surface area contributed by atoms with Gasteiger partial charge in [-0.25, -0.2) is 0 Å². The van der Waals surface area contributed by atoms with Gasteiger partial charge >= 0.3 is 0 Å². The van der Waals surface area contributed by atoms with Gasteiger partial charge in [0.25, 0.3) is 0 Å². The lowest BCUT2D eigenvalue weighted by atomic mass is 9.71. The Balaban J connectivity index is 1.87. The summed E-state index contributed by atoms with van der Waals surface area (Å²) < 4.78 is 5.54. The molecule has 1 unspecified atom stereocenters. The summed E-state index contributed by atoms with van der Waals surface area (Å²) in [5.41, 5.74) is 10.7. The number of rotatable bonds is 4. The van der Waals surface area contributed by atoms with Crippen molar-refractivity contribution in [3.8, 4) is 0 Å². The van der Waals surface area contributed by atoms with Crippen LogP contribution in [-0.4, -0.2) is 19.8 Å². The maximum atomic E-state index is 5.81. The zero-order valence-electron chi connectivity index (χ0n) is 12.0. The van der Waals surface area contributed by atoms with Crippen LogP contribution in [0.15, 0.2) is 18.2 Å². The van der Waals surface area contributed by atoms with Crippen molar-refractivity contribution in [1.82, 2.24) is 0 Å². The Bertz CT molecular complexity index is 451. The predicted molar refractivity (Wildman–Crippen MR) is 78.4 cm³/mol. The van der Waals surface area contributed by atoms with E-state index in [1.165, 1.54) is 31.2 Å². The molecule has 2 aliphatic rings. The standard InChI is InChI=1S/C17H25NO/c1-13(10-18)9-17(11-19-12-17)16-7-6-14-4-2-3-5-15(14)8-16/h6-8,13H,2-5,9-12,18H2,1H3. The predicted octanol–water partition coefficient (Wildman–Crippen LogP) is 2.82. The smallest absolute Gasteiger partial charge is 0.0585 e. The molecule has 1 aliphatic heterocycles. The van der Waals surface area contributed by atoms with Crippen molar-refractivity contribution >= 4 is 0 Å². The van der Waals surface area contributed by atoms with Gasteiger partial charge in [0.05, 0.1) is 13.2 Å². The fraction of sp³-hybridized carbons (Fsp3) is 0.647. The van der Waals surface area contributed by atoms with Gasteiger partial charge in [-0.3, -0.25) is 0 Å². The molecule has 0 bridgehead atoms. The average Bonchev–Trinajstić information content (AvgIpc) is 2.42. The third kappa shape index (κ3) is 2.44. The quantitative estimate of drug-likeness (QED) is 0.902. The highest BCUT2D eigenvalue weighted by Gasteiger charge is 2.41. The summed E-state index contributed by atoms with van der Waals surface area (Å²) in [6.45, 7) is 4.76. The van der Waals surface area contributed by atoms with Crippen molar-refractivity contribution in [3.05, 3.63) is 34.9 Å². The molecule has 3 rings (SSSR count). The molecule has 2 heteroatoms. The minimum atomic E-state index is 0.241. The zero-order valence-corrected chi connectivity index (χ0v) is 12.0. The summed E-state index contributed by atoms with van der Waals surface area (Å²) in [5, 5.41) is 0. The molecule has 2 nitrogen and oxygen atoms in total. The van der Waals surface area contributed by atoms with Crippen LogP contribution in [0.2, 0.25) is 0 Å². The van der Waals surface area contributed by atoms with Crippen LogP contribution in [0.5, 0.6) is 0 Å². The van der Waals surface area contributed by atoms with E-state index in [9.17, 15) is 0 Å². The van der Waals surface area contributed by atoms with Gasteiger partial charge < -0.3 is 10.5 Å². The number of benzene rings is 1. The second-order valence-corrected chi connectivity index (χ2v) is 6.51. The minimum absolute atomic E-state index is 0.241. The van der Waals surface area contributed by atoms with Crippen LogP contribution in [0.4, 0.5) is 0 Å². The second kappa shape index (κ2) is 5.26. The summed E-state index contributed by atoms with van der Waals surface area (Å²) in [4.78, 5) is 0. The molecule has 0 aromatic heterocycles. The Kier molecular flexibility index (Phi) is 3.64. The Morgan fingerprint density at radius 2 is 1.95 bits per heavy atom. The van der Waals surface area contributed by atoms with E-state index in [2.05, 4.69) is 25.1 Å². The van der Waals surface area contributed by atoms with Gasteiger partial charge in [0.15, 0.2) is 0 Å². The lowest BCUT2D eigenvalue weighted by Gasteiger charge is -2.44. The van der Waals surface area contributed by atoms with E-state index < -0.39 is 0 Å². The first kappa shape index (κ1) is 13.1. The van der Waals surface area contributed by atoms with Crippen molar-refractivity contribution in [2.24, 2.45) is 11.7 Å². The topological polar surface area (TPSA) is 35.2 Å². The zero-order chi connectivity index (χ0) is 13.3. The largest absolute Gasteiger partial charge is 0.379 e. The molecule has 0 spiro atoms. The summed E-state index contributed by atoms with van der Waals surface area (Å²) >= 11 is 0. The van der Waals surface area contributed by atoms with Gasteiger partial charge in [-0.05, 0) is 61.3 Å². The molecule has 1 atom stereocenters. The Morgan fingerprint density at radius 3 is 2.58 bits per heavy atom. The molecule has 1 aromatic rings. The van der Waals surface area contributed by atoms with Crippen LogP contribution < -0.4 is 5.73 Å². The Labute approximate surface area is 116 Å². The molecular formula is C17H25NO. The summed E-state index contributed by atoms with van der Waals surface area (Å²) in [6, 6.07) is 7.16. The average molecular weight is 259 g/mol. The SMILES string of the molecule is CC(CN)CC1(c2ccc3c(c2)CCCC3)COC1. The van der Waals surface area contributed by atoms with E-state index in [1.807, 2.05) is 0 Å². The van der Waals surface area contributed by atoms with E-state index in [0.717, 1.165) is 26.2 Å². The molecule has 0 radical (unpaired) electrons. The van der Waals surface area contributed by atoms with E-state index in [0.29, 0.717) is 5.92 Å². The third-order valence-electron chi connectivity index (χ3n) is 4.86. The number of aryl methyl sites for hydroxylation is 2. The fourth-order valence-electron chi connectivity index (χ4n) is 3.56. The van der Waals surface area contributed by atoms with Crippen molar-refractivity contribution < 1.29 is 4.74 Å². The Morgan fingerprint density at radius 1 is 1.21 bits per heavy atom. The first-order chi connectivity index (χ1) is 9.23. The second-order valence-electron chi connectivity index (χ2n) is 6.51. The number of fused-ring (bicyclic) bond motifs is 1. The highest BCUT2D eigenvalue weighted by molar-refractivity contribution is 5.38. The van der Waals surface area contributed by atoms with Crippen LogP contribution in [-0.2, 0) is 23.0 Å². The minimum Gasteiger partial charge on any atom is -0.379 e. The van der Waals surface area contributed by atoms with Gasteiger partial charge in [-0.15, -0.1) is 0 Å².